The first-order chi connectivity index (χ1) is 13.9. The third kappa shape index (κ3) is 3.74. The van der Waals surface area contributed by atoms with Gasteiger partial charge in [-0.1, -0.05) is 6.07 Å². The van der Waals surface area contributed by atoms with E-state index in [1.807, 2.05) is 32.0 Å². The molecule has 0 aliphatic rings. The number of nitrogens with one attached hydrogen (secondary N) is 2. The van der Waals surface area contributed by atoms with E-state index in [9.17, 15) is 4.79 Å². The lowest BCUT2D eigenvalue weighted by molar-refractivity contribution is 0.102. The first kappa shape index (κ1) is 18.8. The summed E-state index contributed by atoms with van der Waals surface area (Å²) in [5.74, 6) is 0.914. The molecule has 29 heavy (non-hydrogen) atoms. The molecule has 8 nitrogen and oxygen atoms in total. The van der Waals surface area contributed by atoms with Crippen LogP contribution in [0.15, 0.2) is 42.7 Å². The molecule has 4 rings (SSSR count). The van der Waals surface area contributed by atoms with Gasteiger partial charge in [-0.3, -0.25) is 4.79 Å². The summed E-state index contributed by atoms with van der Waals surface area (Å²) in [4.78, 5) is 25.0. The standard InChI is InChI=1S/C20H18ClN7O/c1-11-8-13(19(29)24-15-6-4-5-7-22-15)9-12(2)16(11)25-17-14-10-23-20(21)26-18(14)28(3)27-17/h4-10H,1-3H3,(H,25,27)(H,22,24,29). The third-order valence-electron chi connectivity index (χ3n) is 4.50. The van der Waals surface area contributed by atoms with Crippen LogP contribution in [0.3, 0.4) is 0 Å². The first-order valence-corrected chi connectivity index (χ1v) is 9.26. The predicted molar refractivity (Wildman–Crippen MR) is 113 cm³/mol. The summed E-state index contributed by atoms with van der Waals surface area (Å²) in [5.41, 5.74) is 3.87. The molecule has 0 aliphatic heterocycles. The Balaban J connectivity index is 1.64. The summed E-state index contributed by atoms with van der Waals surface area (Å²) in [7, 11) is 1.79. The highest BCUT2D eigenvalue weighted by Gasteiger charge is 2.16. The second-order valence-corrected chi connectivity index (χ2v) is 6.97. The topological polar surface area (TPSA) is 97.6 Å². The van der Waals surface area contributed by atoms with Gasteiger partial charge in [0.15, 0.2) is 11.5 Å². The number of carbonyl (C=O) groups is 1. The minimum atomic E-state index is -0.215. The number of benzene rings is 1. The Hall–Kier alpha value is -3.52. The average molecular weight is 408 g/mol. The number of amides is 1. The monoisotopic (exact) mass is 407 g/mol. The molecule has 0 saturated heterocycles. The summed E-state index contributed by atoms with van der Waals surface area (Å²) in [6, 6.07) is 9.01. The van der Waals surface area contributed by atoms with Gasteiger partial charge >= 0.3 is 0 Å². The molecule has 9 heteroatoms. The number of hydrogen-bond acceptors (Lipinski definition) is 6. The van der Waals surface area contributed by atoms with Crippen molar-refractivity contribution >= 4 is 45.9 Å². The Morgan fingerprint density at radius 3 is 2.59 bits per heavy atom. The van der Waals surface area contributed by atoms with Gasteiger partial charge in [0.25, 0.3) is 5.91 Å². The largest absolute Gasteiger partial charge is 0.338 e. The van der Waals surface area contributed by atoms with Crippen molar-refractivity contribution in [3.8, 4) is 0 Å². The van der Waals surface area contributed by atoms with E-state index < -0.39 is 0 Å². The fourth-order valence-corrected chi connectivity index (χ4v) is 3.27. The molecule has 0 saturated carbocycles. The normalized spacial score (nSPS) is 10.9. The van der Waals surface area contributed by atoms with Crippen LogP contribution in [-0.2, 0) is 7.05 Å². The lowest BCUT2D eigenvalue weighted by Crippen LogP contribution is -2.13. The number of rotatable bonds is 4. The number of hydrogen-bond donors (Lipinski definition) is 2. The summed E-state index contributed by atoms with van der Waals surface area (Å²) in [6.07, 6.45) is 3.27. The Morgan fingerprint density at radius 2 is 1.90 bits per heavy atom. The molecule has 0 fully saturated rings. The van der Waals surface area contributed by atoms with E-state index in [1.165, 1.54) is 0 Å². The molecule has 1 aromatic carbocycles. The quantitative estimate of drug-likeness (QED) is 0.496. The zero-order chi connectivity index (χ0) is 20.5. The Morgan fingerprint density at radius 1 is 1.14 bits per heavy atom. The number of pyridine rings is 1. The van der Waals surface area contributed by atoms with Crippen molar-refractivity contribution in [3.05, 3.63) is 64.7 Å². The van der Waals surface area contributed by atoms with Gasteiger partial charge in [-0.2, -0.15) is 10.1 Å². The third-order valence-corrected chi connectivity index (χ3v) is 4.68. The number of carbonyl (C=O) groups excluding carboxylic acids is 1. The highest BCUT2D eigenvalue weighted by atomic mass is 35.5. The molecule has 3 aromatic heterocycles. The van der Waals surface area contributed by atoms with Crippen molar-refractivity contribution in [2.75, 3.05) is 10.6 Å². The van der Waals surface area contributed by atoms with Crippen LogP contribution in [0.4, 0.5) is 17.3 Å². The second-order valence-electron chi connectivity index (χ2n) is 6.63. The number of nitrogens with zero attached hydrogens (tertiary/aromatic N) is 5. The van der Waals surface area contributed by atoms with Crippen LogP contribution in [0.25, 0.3) is 11.0 Å². The Bertz CT molecular complexity index is 1200. The van der Waals surface area contributed by atoms with Crippen molar-refractivity contribution in [2.24, 2.45) is 7.05 Å². The van der Waals surface area contributed by atoms with Gasteiger partial charge in [-0.05, 0) is 60.8 Å². The highest BCUT2D eigenvalue weighted by Crippen LogP contribution is 2.29. The van der Waals surface area contributed by atoms with Gasteiger partial charge in [0.05, 0.1) is 5.39 Å². The maximum Gasteiger partial charge on any atom is 0.256 e. The van der Waals surface area contributed by atoms with Crippen LogP contribution in [0.2, 0.25) is 5.28 Å². The van der Waals surface area contributed by atoms with Crippen molar-refractivity contribution in [2.45, 2.75) is 13.8 Å². The van der Waals surface area contributed by atoms with Gasteiger partial charge in [0.1, 0.15) is 5.82 Å². The molecular formula is C20H18ClN7O. The Kier molecular flexibility index (Phi) is 4.85. The molecule has 2 N–H and O–H groups in total. The summed E-state index contributed by atoms with van der Waals surface area (Å²) >= 11 is 5.89. The Labute approximate surface area is 172 Å². The van der Waals surface area contributed by atoms with Crippen LogP contribution in [0, 0.1) is 13.8 Å². The van der Waals surface area contributed by atoms with Gasteiger partial charge in [-0.15, -0.1) is 0 Å². The molecule has 0 atom stereocenters. The zero-order valence-corrected chi connectivity index (χ0v) is 16.8. The molecule has 0 radical (unpaired) electrons. The summed E-state index contributed by atoms with van der Waals surface area (Å²) < 4.78 is 1.64. The fourth-order valence-electron chi connectivity index (χ4n) is 3.14. The van der Waals surface area contributed by atoms with E-state index in [0.717, 1.165) is 22.2 Å². The van der Waals surface area contributed by atoms with Gasteiger partial charge in [0.2, 0.25) is 5.28 Å². The lowest BCUT2D eigenvalue weighted by Gasteiger charge is -2.13. The van der Waals surface area contributed by atoms with E-state index in [1.54, 1.807) is 36.3 Å². The molecule has 0 unspecified atom stereocenters. The predicted octanol–water partition coefficient (Wildman–Crippen LogP) is 4.02. The first-order valence-electron chi connectivity index (χ1n) is 8.88. The number of halogens is 1. The van der Waals surface area contributed by atoms with Crippen LogP contribution < -0.4 is 10.6 Å². The maximum absolute atomic E-state index is 12.6. The minimum Gasteiger partial charge on any atom is -0.338 e. The van der Waals surface area contributed by atoms with Gasteiger partial charge in [-0.25, -0.2) is 14.6 Å². The SMILES string of the molecule is Cc1cc(C(=O)Nc2ccccn2)cc(C)c1Nc1nn(C)c2nc(Cl)ncc12. The van der Waals surface area contributed by atoms with Crippen LogP contribution in [0.1, 0.15) is 21.5 Å². The molecule has 1 amide bonds. The number of aryl methyl sites for hydroxylation is 3. The maximum atomic E-state index is 12.6. The van der Waals surface area contributed by atoms with Crippen LogP contribution in [-0.4, -0.2) is 30.6 Å². The van der Waals surface area contributed by atoms with Gasteiger partial charge in [0, 0.05) is 30.7 Å². The van der Waals surface area contributed by atoms with Crippen molar-refractivity contribution in [1.29, 1.82) is 0 Å². The van der Waals surface area contributed by atoms with Crippen LogP contribution in [0.5, 0.6) is 0 Å². The van der Waals surface area contributed by atoms with Gasteiger partial charge < -0.3 is 10.6 Å². The van der Waals surface area contributed by atoms with E-state index in [4.69, 9.17) is 11.6 Å². The molecule has 146 valence electrons. The molecule has 0 aliphatic carbocycles. The number of aromatic nitrogens is 5. The van der Waals surface area contributed by atoms with E-state index in [-0.39, 0.29) is 11.2 Å². The van der Waals surface area contributed by atoms with E-state index in [0.29, 0.717) is 22.8 Å². The molecular weight excluding hydrogens is 390 g/mol. The second kappa shape index (κ2) is 7.48. The summed E-state index contributed by atoms with van der Waals surface area (Å²) in [5, 5.41) is 11.5. The molecule has 0 bridgehead atoms. The smallest absolute Gasteiger partial charge is 0.256 e. The zero-order valence-electron chi connectivity index (χ0n) is 16.1. The van der Waals surface area contributed by atoms with Crippen LogP contribution >= 0.6 is 11.6 Å². The molecule has 4 aromatic rings. The molecule has 0 spiro atoms. The minimum absolute atomic E-state index is 0.169. The van der Waals surface area contributed by atoms with E-state index in [2.05, 4.69) is 30.7 Å². The summed E-state index contributed by atoms with van der Waals surface area (Å²) in [6.45, 7) is 3.87. The number of fused-ring (bicyclic) bond motifs is 1. The molecule has 3 heterocycles. The fraction of sp³-hybridized carbons (Fsp3) is 0.150. The highest BCUT2D eigenvalue weighted by molar-refractivity contribution is 6.28. The van der Waals surface area contributed by atoms with Crippen molar-refractivity contribution in [3.63, 3.8) is 0 Å². The van der Waals surface area contributed by atoms with Crippen molar-refractivity contribution < 1.29 is 4.79 Å². The van der Waals surface area contributed by atoms with Crippen molar-refractivity contribution in [1.82, 2.24) is 24.7 Å². The lowest BCUT2D eigenvalue weighted by atomic mass is 10.0. The van der Waals surface area contributed by atoms with E-state index >= 15 is 0 Å². The number of anilines is 3. The average Bonchev–Trinajstić information content (AvgIpc) is 3.00.